The molecule has 0 heterocycles. The highest BCUT2D eigenvalue weighted by Crippen LogP contribution is 2.29. The quantitative estimate of drug-likeness (QED) is 0.913. The van der Waals surface area contributed by atoms with Gasteiger partial charge in [-0.2, -0.15) is 0 Å². The van der Waals surface area contributed by atoms with Gasteiger partial charge in [-0.3, -0.25) is 0 Å². The standard InChI is InChI=1S/C15H16BrFN2/c1-2-19(13-5-3-4-12(17)8-13)14-7-6-11(10-18)15(16)9-14/h3-9H,2,10,18H2,1H3. The molecule has 0 aliphatic carbocycles. The highest BCUT2D eigenvalue weighted by molar-refractivity contribution is 9.10. The maximum Gasteiger partial charge on any atom is 0.125 e. The third-order valence-electron chi connectivity index (χ3n) is 3.00. The zero-order chi connectivity index (χ0) is 13.8. The van der Waals surface area contributed by atoms with Gasteiger partial charge in [-0.15, -0.1) is 0 Å². The van der Waals surface area contributed by atoms with E-state index in [1.54, 1.807) is 6.07 Å². The second kappa shape index (κ2) is 6.17. The van der Waals surface area contributed by atoms with Crippen molar-refractivity contribution in [3.05, 3.63) is 58.3 Å². The summed E-state index contributed by atoms with van der Waals surface area (Å²) in [7, 11) is 0. The summed E-state index contributed by atoms with van der Waals surface area (Å²) >= 11 is 3.51. The molecule has 0 fully saturated rings. The normalized spacial score (nSPS) is 10.5. The molecule has 0 amide bonds. The Hall–Kier alpha value is -1.39. The van der Waals surface area contributed by atoms with E-state index in [-0.39, 0.29) is 5.82 Å². The zero-order valence-electron chi connectivity index (χ0n) is 10.7. The molecule has 0 spiro atoms. The summed E-state index contributed by atoms with van der Waals surface area (Å²) in [5, 5.41) is 0. The first-order valence-corrected chi connectivity index (χ1v) is 6.96. The van der Waals surface area contributed by atoms with E-state index in [1.807, 2.05) is 36.1 Å². The van der Waals surface area contributed by atoms with Gasteiger partial charge >= 0.3 is 0 Å². The highest BCUT2D eigenvalue weighted by Gasteiger charge is 2.09. The van der Waals surface area contributed by atoms with Crippen molar-refractivity contribution in [2.24, 2.45) is 5.73 Å². The van der Waals surface area contributed by atoms with Gasteiger partial charge in [0.05, 0.1) is 0 Å². The van der Waals surface area contributed by atoms with Crippen LogP contribution in [0.25, 0.3) is 0 Å². The molecule has 100 valence electrons. The molecule has 0 unspecified atom stereocenters. The lowest BCUT2D eigenvalue weighted by molar-refractivity contribution is 0.627. The Bertz CT molecular complexity index is 572. The molecule has 2 aromatic carbocycles. The van der Waals surface area contributed by atoms with Crippen LogP contribution in [0.2, 0.25) is 0 Å². The summed E-state index contributed by atoms with van der Waals surface area (Å²) in [6, 6.07) is 12.6. The Morgan fingerprint density at radius 1 is 1.16 bits per heavy atom. The average molecular weight is 323 g/mol. The lowest BCUT2D eigenvalue weighted by Gasteiger charge is -2.24. The maximum atomic E-state index is 13.3. The molecule has 2 nitrogen and oxygen atoms in total. The van der Waals surface area contributed by atoms with Crippen molar-refractivity contribution in [3.8, 4) is 0 Å². The largest absolute Gasteiger partial charge is 0.342 e. The van der Waals surface area contributed by atoms with Crippen molar-refractivity contribution in [1.29, 1.82) is 0 Å². The van der Waals surface area contributed by atoms with Gasteiger partial charge in [0.15, 0.2) is 0 Å². The fourth-order valence-corrected chi connectivity index (χ4v) is 2.56. The Balaban J connectivity index is 2.39. The van der Waals surface area contributed by atoms with Crippen LogP contribution in [0.3, 0.4) is 0 Å². The molecule has 4 heteroatoms. The number of nitrogens with two attached hydrogens (primary N) is 1. The number of rotatable bonds is 4. The SMILES string of the molecule is CCN(c1cccc(F)c1)c1ccc(CN)c(Br)c1. The number of hydrogen-bond acceptors (Lipinski definition) is 2. The van der Waals surface area contributed by atoms with E-state index < -0.39 is 0 Å². The molecule has 0 atom stereocenters. The van der Waals surface area contributed by atoms with Gasteiger partial charge in [-0.05, 0) is 42.8 Å². The van der Waals surface area contributed by atoms with Gasteiger partial charge in [-0.25, -0.2) is 4.39 Å². The van der Waals surface area contributed by atoms with E-state index in [0.717, 1.165) is 28.0 Å². The molecule has 0 saturated heterocycles. The molecule has 0 aliphatic heterocycles. The summed E-state index contributed by atoms with van der Waals surface area (Å²) in [4.78, 5) is 2.05. The second-order valence-corrected chi connectivity index (χ2v) is 5.06. The average Bonchev–Trinajstić information content (AvgIpc) is 2.40. The molecular formula is C15H16BrFN2. The molecule has 0 aromatic heterocycles. The van der Waals surface area contributed by atoms with Crippen LogP contribution in [0.5, 0.6) is 0 Å². The molecule has 19 heavy (non-hydrogen) atoms. The van der Waals surface area contributed by atoms with E-state index in [2.05, 4.69) is 15.9 Å². The van der Waals surface area contributed by atoms with E-state index in [1.165, 1.54) is 12.1 Å². The van der Waals surface area contributed by atoms with Crippen LogP contribution in [0, 0.1) is 5.82 Å². The van der Waals surface area contributed by atoms with Crippen LogP contribution < -0.4 is 10.6 Å². The molecule has 0 bridgehead atoms. The number of anilines is 2. The molecular weight excluding hydrogens is 307 g/mol. The minimum absolute atomic E-state index is 0.228. The molecule has 0 radical (unpaired) electrons. The minimum Gasteiger partial charge on any atom is -0.342 e. The fraction of sp³-hybridized carbons (Fsp3) is 0.200. The van der Waals surface area contributed by atoms with Crippen LogP contribution in [0.4, 0.5) is 15.8 Å². The molecule has 2 aromatic rings. The number of benzene rings is 2. The first-order chi connectivity index (χ1) is 9.15. The number of nitrogens with zero attached hydrogens (tertiary/aromatic N) is 1. The Morgan fingerprint density at radius 3 is 2.47 bits per heavy atom. The van der Waals surface area contributed by atoms with Gasteiger partial charge in [0.25, 0.3) is 0 Å². The van der Waals surface area contributed by atoms with Crippen molar-refractivity contribution in [2.45, 2.75) is 13.5 Å². The first-order valence-electron chi connectivity index (χ1n) is 6.17. The van der Waals surface area contributed by atoms with Crippen LogP contribution in [-0.4, -0.2) is 6.54 Å². The van der Waals surface area contributed by atoms with E-state index in [9.17, 15) is 4.39 Å². The monoisotopic (exact) mass is 322 g/mol. The van der Waals surface area contributed by atoms with Crippen LogP contribution in [0.15, 0.2) is 46.9 Å². The predicted molar refractivity (Wildman–Crippen MR) is 81.1 cm³/mol. The van der Waals surface area contributed by atoms with Crippen molar-refractivity contribution in [3.63, 3.8) is 0 Å². The second-order valence-electron chi connectivity index (χ2n) is 4.20. The molecule has 0 saturated carbocycles. The number of hydrogen-bond donors (Lipinski definition) is 1. The molecule has 2 rings (SSSR count). The Morgan fingerprint density at radius 2 is 1.89 bits per heavy atom. The van der Waals surface area contributed by atoms with Gasteiger partial charge < -0.3 is 10.6 Å². The maximum absolute atomic E-state index is 13.3. The van der Waals surface area contributed by atoms with E-state index >= 15 is 0 Å². The molecule has 0 aliphatic rings. The first kappa shape index (κ1) is 14.0. The smallest absolute Gasteiger partial charge is 0.125 e. The highest BCUT2D eigenvalue weighted by atomic mass is 79.9. The fourth-order valence-electron chi connectivity index (χ4n) is 2.03. The Labute approximate surface area is 121 Å². The minimum atomic E-state index is -0.228. The van der Waals surface area contributed by atoms with Crippen LogP contribution in [-0.2, 0) is 6.54 Å². The van der Waals surface area contributed by atoms with Gasteiger partial charge in [0, 0.05) is 28.9 Å². The van der Waals surface area contributed by atoms with Gasteiger partial charge in [-0.1, -0.05) is 28.1 Å². The summed E-state index contributed by atoms with van der Waals surface area (Å²) < 4.78 is 14.3. The summed E-state index contributed by atoms with van der Waals surface area (Å²) in [5.74, 6) is -0.228. The lowest BCUT2D eigenvalue weighted by atomic mass is 10.1. The van der Waals surface area contributed by atoms with Crippen LogP contribution >= 0.6 is 15.9 Å². The summed E-state index contributed by atoms with van der Waals surface area (Å²) in [5.41, 5.74) is 8.56. The molecule has 2 N–H and O–H groups in total. The van der Waals surface area contributed by atoms with Crippen molar-refractivity contribution < 1.29 is 4.39 Å². The topological polar surface area (TPSA) is 29.3 Å². The van der Waals surface area contributed by atoms with Crippen molar-refractivity contribution in [1.82, 2.24) is 0 Å². The van der Waals surface area contributed by atoms with Crippen molar-refractivity contribution >= 4 is 27.3 Å². The van der Waals surface area contributed by atoms with E-state index in [4.69, 9.17) is 5.73 Å². The zero-order valence-corrected chi connectivity index (χ0v) is 12.3. The van der Waals surface area contributed by atoms with Crippen molar-refractivity contribution in [2.75, 3.05) is 11.4 Å². The third-order valence-corrected chi connectivity index (χ3v) is 3.74. The van der Waals surface area contributed by atoms with Gasteiger partial charge in [0.1, 0.15) is 5.82 Å². The summed E-state index contributed by atoms with van der Waals surface area (Å²) in [6.45, 7) is 3.29. The predicted octanol–water partition coefficient (Wildman–Crippen LogP) is 4.20. The van der Waals surface area contributed by atoms with E-state index in [0.29, 0.717) is 6.54 Å². The lowest BCUT2D eigenvalue weighted by Crippen LogP contribution is -2.16. The Kier molecular flexibility index (Phi) is 4.56. The number of halogens is 2. The third kappa shape index (κ3) is 3.14. The summed E-state index contributed by atoms with van der Waals surface area (Å²) in [6.07, 6.45) is 0. The van der Waals surface area contributed by atoms with Gasteiger partial charge in [0.2, 0.25) is 0 Å². The van der Waals surface area contributed by atoms with Crippen LogP contribution in [0.1, 0.15) is 12.5 Å².